The number of hydrogen-bond acceptors (Lipinski definition) is 6. The summed E-state index contributed by atoms with van der Waals surface area (Å²) in [7, 11) is 0. The molecule has 3 aliphatic rings. The number of nitrogens with zero attached hydrogens (tertiary/aromatic N) is 2. The average molecular weight is 465 g/mol. The molecule has 0 radical (unpaired) electrons. The van der Waals surface area contributed by atoms with Crippen LogP contribution in [0.1, 0.15) is 47.0 Å². The maximum Gasteiger partial charge on any atom is 0.311 e. The van der Waals surface area contributed by atoms with E-state index in [1.807, 2.05) is 27.7 Å². The number of esters is 1. The number of amides is 2. The zero-order valence-electron chi connectivity index (χ0n) is 19.6. The van der Waals surface area contributed by atoms with Crippen LogP contribution in [0.3, 0.4) is 0 Å². The van der Waals surface area contributed by atoms with Crippen molar-refractivity contribution >= 4 is 29.5 Å². The lowest BCUT2D eigenvalue weighted by Gasteiger charge is -2.42. The summed E-state index contributed by atoms with van der Waals surface area (Å²) < 4.78 is 4.28. The van der Waals surface area contributed by atoms with E-state index in [-0.39, 0.29) is 31.6 Å². The van der Waals surface area contributed by atoms with Crippen molar-refractivity contribution in [2.75, 3.05) is 26.3 Å². The normalized spacial score (nSPS) is 33.2. The second-order valence-corrected chi connectivity index (χ2v) is 12.1. The summed E-state index contributed by atoms with van der Waals surface area (Å²) in [6.45, 7) is 16.0. The number of carbonyl (C=O) groups excluding carboxylic acids is 3. The van der Waals surface area contributed by atoms with Gasteiger partial charge in [0, 0.05) is 30.0 Å². The fourth-order valence-corrected chi connectivity index (χ4v) is 8.09. The maximum absolute atomic E-state index is 14.1. The average Bonchev–Trinajstić information content (AvgIpc) is 3.28. The van der Waals surface area contributed by atoms with Crippen molar-refractivity contribution in [1.82, 2.24) is 9.80 Å². The molecule has 1 N–H and O–H groups in total. The molecule has 2 amide bonds. The van der Waals surface area contributed by atoms with Crippen molar-refractivity contribution in [1.29, 1.82) is 0 Å². The van der Waals surface area contributed by atoms with Gasteiger partial charge < -0.3 is 19.6 Å². The van der Waals surface area contributed by atoms with E-state index in [0.29, 0.717) is 19.4 Å². The molecule has 2 unspecified atom stereocenters. The number of hydrogen-bond donors (Lipinski definition) is 1. The highest BCUT2D eigenvalue weighted by molar-refractivity contribution is 8.02. The van der Waals surface area contributed by atoms with Gasteiger partial charge in [-0.15, -0.1) is 18.3 Å². The minimum Gasteiger partial charge on any atom is -0.461 e. The van der Waals surface area contributed by atoms with Crippen molar-refractivity contribution in [3.8, 4) is 0 Å². The molecule has 3 saturated heterocycles. The molecule has 3 fully saturated rings. The van der Waals surface area contributed by atoms with Gasteiger partial charge in [0.15, 0.2) is 0 Å². The fraction of sp³-hybridized carbons (Fsp3) is 0.708. The Morgan fingerprint density at radius 2 is 2.00 bits per heavy atom. The van der Waals surface area contributed by atoms with Crippen molar-refractivity contribution < 1.29 is 24.2 Å². The maximum atomic E-state index is 14.1. The van der Waals surface area contributed by atoms with Crippen LogP contribution in [0.2, 0.25) is 0 Å². The first kappa shape index (κ1) is 24.8. The standard InChI is InChI=1S/C24H36N2O5S/c1-7-12-26(22(3,4)5)20(29)18-24-11-10-23(6,32-24)17(21(30)31-15-8-2)16(24)19(28)25(18)13-9-14-27/h7-8,16-18,27H,1-2,9-15H2,3-6H3/t16-,17-,18?,23+,24?/m0/s1. The van der Waals surface area contributed by atoms with Crippen LogP contribution in [0.4, 0.5) is 0 Å². The fourth-order valence-electron chi connectivity index (χ4n) is 5.75. The third-order valence-corrected chi connectivity index (χ3v) is 9.04. The monoisotopic (exact) mass is 464 g/mol. The minimum atomic E-state index is -0.685. The minimum absolute atomic E-state index is 0.0757. The van der Waals surface area contributed by atoms with Crippen LogP contribution < -0.4 is 0 Å². The van der Waals surface area contributed by atoms with Gasteiger partial charge in [-0.05, 0) is 47.0 Å². The highest BCUT2D eigenvalue weighted by Gasteiger charge is 2.77. The molecule has 0 aliphatic carbocycles. The topological polar surface area (TPSA) is 87.1 Å². The Hall–Kier alpha value is -1.80. The summed E-state index contributed by atoms with van der Waals surface area (Å²) in [4.78, 5) is 44.3. The third-order valence-electron chi connectivity index (χ3n) is 7.05. The number of fused-ring (bicyclic) bond motifs is 1. The van der Waals surface area contributed by atoms with Crippen molar-refractivity contribution in [3.05, 3.63) is 25.3 Å². The van der Waals surface area contributed by atoms with Crippen LogP contribution in [0.25, 0.3) is 0 Å². The summed E-state index contributed by atoms with van der Waals surface area (Å²) in [5, 5.41) is 9.44. The summed E-state index contributed by atoms with van der Waals surface area (Å²) in [5.74, 6) is -1.91. The van der Waals surface area contributed by atoms with Crippen LogP contribution in [-0.4, -0.2) is 80.1 Å². The quantitative estimate of drug-likeness (QED) is 0.417. The lowest BCUT2D eigenvalue weighted by molar-refractivity contribution is -0.154. The highest BCUT2D eigenvalue weighted by Crippen LogP contribution is 2.71. The van der Waals surface area contributed by atoms with Crippen LogP contribution in [0.15, 0.2) is 25.3 Å². The number of aliphatic hydroxyl groups excluding tert-OH is 1. The Balaban J connectivity index is 2.07. The number of rotatable bonds is 9. The van der Waals surface area contributed by atoms with Gasteiger partial charge >= 0.3 is 5.97 Å². The Labute approximate surface area is 195 Å². The molecular formula is C24H36N2O5S. The van der Waals surface area contributed by atoms with E-state index < -0.39 is 38.9 Å². The Morgan fingerprint density at radius 1 is 1.31 bits per heavy atom. The van der Waals surface area contributed by atoms with E-state index in [2.05, 4.69) is 13.2 Å². The molecule has 0 aromatic rings. The van der Waals surface area contributed by atoms with Gasteiger partial charge in [0.2, 0.25) is 11.8 Å². The molecule has 32 heavy (non-hydrogen) atoms. The number of carbonyl (C=O) groups is 3. The smallest absolute Gasteiger partial charge is 0.311 e. The Morgan fingerprint density at radius 3 is 2.56 bits per heavy atom. The first-order valence-electron chi connectivity index (χ1n) is 11.3. The molecule has 3 heterocycles. The van der Waals surface area contributed by atoms with E-state index in [1.54, 1.807) is 27.6 Å². The van der Waals surface area contributed by atoms with E-state index in [0.717, 1.165) is 6.42 Å². The van der Waals surface area contributed by atoms with Gasteiger partial charge in [0.25, 0.3) is 0 Å². The number of likely N-dealkylation sites (tertiary alicyclic amines) is 1. The van der Waals surface area contributed by atoms with Crippen molar-refractivity contribution in [2.45, 2.75) is 68.0 Å². The molecule has 2 bridgehead atoms. The molecule has 0 aromatic carbocycles. The number of thioether (sulfide) groups is 1. The molecule has 7 nitrogen and oxygen atoms in total. The molecule has 8 heteroatoms. The lowest BCUT2D eigenvalue weighted by Crippen LogP contribution is -2.58. The predicted molar refractivity (Wildman–Crippen MR) is 125 cm³/mol. The molecule has 1 spiro atoms. The molecule has 0 saturated carbocycles. The van der Waals surface area contributed by atoms with Gasteiger partial charge in [0.05, 0.1) is 16.6 Å². The molecule has 3 rings (SSSR count). The lowest BCUT2D eigenvalue weighted by atomic mass is 9.66. The van der Waals surface area contributed by atoms with Gasteiger partial charge in [-0.2, -0.15) is 0 Å². The zero-order chi connectivity index (χ0) is 23.9. The summed E-state index contributed by atoms with van der Waals surface area (Å²) >= 11 is 1.62. The third kappa shape index (κ3) is 3.79. The van der Waals surface area contributed by atoms with E-state index in [9.17, 15) is 19.5 Å². The van der Waals surface area contributed by atoms with Gasteiger partial charge in [-0.3, -0.25) is 14.4 Å². The van der Waals surface area contributed by atoms with Crippen molar-refractivity contribution in [2.24, 2.45) is 11.8 Å². The molecule has 3 aliphatic heterocycles. The first-order valence-corrected chi connectivity index (χ1v) is 12.1. The molecule has 0 aromatic heterocycles. The largest absolute Gasteiger partial charge is 0.461 e. The van der Waals surface area contributed by atoms with Gasteiger partial charge in [0.1, 0.15) is 12.6 Å². The van der Waals surface area contributed by atoms with Crippen LogP contribution in [0.5, 0.6) is 0 Å². The van der Waals surface area contributed by atoms with E-state index in [1.165, 1.54) is 6.08 Å². The van der Waals surface area contributed by atoms with Crippen molar-refractivity contribution in [3.63, 3.8) is 0 Å². The molecule has 5 atom stereocenters. The second-order valence-electron chi connectivity index (χ2n) is 10.2. The van der Waals surface area contributed by atoms with Gasteiger partial charge in [-0.1, -0.05) is 18.7 Å². The van der Waals surface area contributed by atoms with E-state index in [4.69, 9.17) is 4.74 Å². The van der Waals surface area contributed by atoms with E-state index >= 15 is 0 Å². The van der Waals surface area contributed by atoms with Gasteiger partial charge in [-0.25, -0.2) is 0 Å². The first-order chi connectivity index (χ1) is 15.0. The predicted octanol–water partition coefficient (Wildman–Crippen LogP) is 2.39. The van der Waals surface area contributed by atoms with Crippen LogP contribution in [0, 0.1) is 11.8 Å². The van der Waals surface area contributed by atoms with Crippen LogP contribution in [-0.2, 0) is 19.1 Å². The Kier molecular flexibility index (Phi) is 6.87. The zero-order valence-corrected chi connectivity index (χ0v) is 20.5. The SMILES string of the molecule is C=CCOC(=O)[C@@H]1[C@H]2C(=O)N(CCCO)C(C(=O)N(CC=C)C(C)(C)C)C23CC[C@@]1(C)S3. The summed E-state index contributed by atoms with van der Waals surface area (Å²) in [6.07, 6.45) is 5.02. The number of aliphatic hydroxyl groups is 1. The highest BCUT2D eigenvalue weighted by atomic mass is 32.2. The Bertz CT molecular complexity index is 809. The summed E-state index contributed by atoms with van der Waals surface area (Å²) in [5.41, 5.74) is -0.459. The molecule has 178 valence electrons. The summed E-state index contributed by atoms with van der Waals surface area (Å²) in [6, 6.07) is -0.685. The molecular weight excluding hydrogens is 428 g/mol. The second kappa shape index (κ2) is 8.86. The van der Waals surface area contributed by atoms with Crippen LogP contribution >= 0.6 is 11.8 Å². The number of ether oxygens (including phenoxy) is 1.